The van der Waals surface area contributed by atoms with E-state index in [2.05, 4.69) is 27.1 Å². The number of ether oxygens (including phenoxy) is 1. The van der Waals surface area contributed by atoms with Gasteiger partial charge in [-0.3, -0.25) is 4.90 Å². The van der Waals surface area contributed by atoms with E-state index in [9.17, 15) is 5.11 Å². The second-order valence-electron chi connectivity index (χ2n) is 6.02. The molecule has 126 valence electrons. The summed E-state index contributed by atoms with van der Waals surface area (Å²) in [4.78, 5) is 8.26. The predicted molar refractivity (Wildman–Crippen MR) is 92.8 cm³/mol. The van der Waals surface area contributed by atoms with Crippen LogP contribution in [0.4, 0.5) is 0 Å². The molecular formula is C17H20N4O2S. The van der Waals surface area contributed by atoms with Crippen molar-refractivity contribution in [1.29, 1.82) is 0 Å². The van der Waals surface area contributed by atoms with E-state index >= 15 is 0 Å². The lowest BCUT2D eigenvalue weighted by atomic mass is 10.00. The zero-order valence-electron chi connectivity index (χ0n) is 13.6. The summed E-state index contributed by atoms with van der Waals surface area (Å²) in [7, 11) is 1.68. The fourth-order valence-electron chi connectivity index (χ4n) is 3.39. The van der Waals surface area contributed by atoms with Crippen molar-refractivity contribution in [3.63, 3.8) is 0 Å². The van der Waals surface area contributed by atoms with Crippen LogP contribution in [0.5, 0.6) is 11.6 Å². The molecule has 0 spiro atoms. The Bertz CT molecular complexity index is 838. The van der Waals surface area contributed by atoms with E-state index < -0.39 is 0 Å². The summed E-state index contributed by atoms with van der Waals surface area (Å²) in [6.45, 7) is 2.05. The SMILES string of the molecule is COc1cccc([C@H](c2sc3ncnn3c2O)N2CCCCC2)c1. The highest BCUT2D eigenvalue weighted by Crippen LogP contribution is 2.41. The minimum Gasteiger partial charge on any atom is -0.497 e. The van der Waals surface area contributed by atoms with Gasteiger partial charge in [-0.2, -0.15) is 9.61 Å². The molecule has 0 amide bonds. The van der Waals surface area contributed by atoms with E-state index in [1.807, 2.05) is 12.1 Å². The number of benzene rings is 1. The Morgan fingerprint density at radius 2 is 2.08 bits per heavy atom. The van der Waals surface area contributed by atoms with Crippen molar-refractivity contribution in [1.82, 2.24) is 19.5 Å². The third-order valence-electron chi connectivity index (χ3n) is 4.55. The van der Waals surface area contributed by atoms with Gasteiger partial charge in [-0.05, 0) is 43.6 Å². The number of hydrogen-bond acceptors (Lipinski definition) is 6. The lowest BCUT2D eigenvalue weighted by Crippen LogP contribution is -2.34. The van der Waals surface area contributed by atoms with E-state index in [0.29, 0.717) is 4.96 Å². The van der Waals surface area contributed by atoms with Crippen molar-refractivity contribution < 1.29 is 9.84 Å². The van der Waals surface area contributed by atoms with Gasteiger partial charge in [-0.1, -0.05) is 29.9 Å². The van der Waals surface area contributed by atoms with Gasteiger partial charge in [0.1, 0.15) is 12.1 Å². The molecule has 0 radical (unpaired) electrons. The smallest absolute Gasteiger partial charge is 0.230 e. The predicted octanol–water partition coefficient (Wildman–Crippen LogP) is 3.08. The lowest BCUT2D eigenvalue weighted by molar-refractivity contribution is 0.186. The van der Waals surface area contributed by atoms with Gasteiger partial charge in [0.15, 0.2) is 0 Å². The second kappa shape index (κ2) is 6.41. The van der Waals surface area contributed by atoms with E-state index in [-0.39, 0.29) is 11.9 Å². The molecule has 1 saturated heterocycles. The van der Waals surface area contributed by atoms with Gasteiger partial charge in [-0.25, -0.2) is 4.98 Å². The Labute approximate surface area is 144 Å². The second-order valence-corrected chi connectivity index (χ2v) is 7.03. The maximum atomic E-state index is 10.7. The van der Waals surface area contributed by atoms with Crippen LogP contribution in [0, 0.1) is 0 Å². The summed E-state index contributed by atoms with van der Waals surface area (Å²) in [5.74, 6) is 1.01. The van der Waals surface area contributed by atoms with Crippen LogP contribution in [0.3, 0.4) is 0 Å². The van der Waals surface area contributed by atoms with Gasteiger partial charge in [0.25, 0.3) is 0 Å². The molecule has 2 aromatic heterocycles. The van der Waals surface area contributed by atoms with Gasteiger partial charge in [-0.15, -0.1) is 0 Å². The van der Waals surface area contributed by atoms with Crippen LogP contribution < -0.4 is 4.74 Å². The van der Waals surface area contributed by atoms with Crippen LogP contribution >= 0.6 is 11.3 Å². The van der Waals surface area contributed by atoms with Gasteiger partial charge in [0.2, 0.25) is 10.8 Å². The van der Waals surface area contributed by atoms with Crippen molar-refractivity contribution in [2.24, 2.45) is 0 Å². The van der Waals surface area contributed by atoms with Crippen LogP contribution in [-0.2, 0) is 0 Å². The standard InChI is InChI=1S/C17H20N4O2S/c1-23-13-7-5-6-12(10-13)14(20-8-3-2-4-9-20)15-16(22)21-17(24-15)18-11-19-21/h5-7,10-11,14,22H,2-4,8-9H2,1H3/t14-/m1/s1. The molecule has 24 heavy (non-hydrogen) atoms. The van der Waals surface area contributed by atoms with Gasteiger partial charge >= 0.3 is 0 Å². The van der Waals surface area contributed by atoms with Crippen LogP contribution in [0.15, 0.2) is 30.6 Å². The molecule has 1 aliphatic rings. The van der Waals surface area contributed by atoms with E-state index in [1.54, 1.807) is 7.11 Å². The van der Waals surface area contributed by atoms with Gasteiger partial charge in [0, 0.05) is 0 Å². The minimum absolute atomic E-state index is 0.00565. The molecular weight excluding hydrogens is 324 g/mol. The van der Waals surface area contributed by atoms with Crippen molar-refractivity contribution in [2.75, 3.05) is 20.2 Å². The zero-order chi connectivity index (χ0) is 16.5. The molecule has 6 nitrogen and oxygen atoms in total. The number of hydrogen-bond donors (Lipinski definition) is 1. The summed E-state index contributed by atoms with van der Waals surface area (Å²) >= 11 is 1.50. The van der Waals surface area contributed by atoms with Crippen LogP contribution in [0.1, 0.15) is 35.7 Å². The topological polar surface area (TPSA) is 62.9 Å². The average molecular weight is 344 g/mol. The first kappa shape index (κ1) is 15.4. The summed E-state index contributed by atoms with van der Waals surface area (Å²) in [6, 6.07) is 8.08. The van der Waals surface area contributed by atoms with Crippen molar-refractivity contribution in [2.45, 2.75) is 25.3 Å². The van der Waals surface area contributed by atoms with E-state index in [0.717, 1.165) is 29.3 Å². The molecule has 0 saturated carbocycles. The Kier molecular flexibility index (Phi) is 4.12. The molecule has 1 N–H and O–H groups in total. The van der Waals surface area contributed by atoms with Gasteiger partial charge in [0.05, 0.1) is 18.0 Å². The molecule has 4 rings (SSSR count). The molecule has 0 bridgehead atoms. The summed E-state index contributed by atoms with van der Waals surface area (Å²) in [5, 5.41) is 14.8. The molecule has 1 fully saturated rings. The quantitative estimate of drug-likeness (QED) is 0.788. The number of nitrogens with zero attached hydrogens (tertiary/aromatic N) is 4. The van der Waals surface area contributed by atoms with Crippen molar-refractivity contribution in [3.8, 4) is 11.6 Å². The number of aromatic nitrogens is 3. The Morgan fingerprint density at radius 3 is 2.83 bits per heavy atom. The Morgan fingerprint density at radius 1 is 1.25 bits per heavy atom. The molecule has 0 aliphatic carbocycles. The van der Waals surface area contributed by atoms with Crippen LogP contribution in [0.25, 0.3) is 4.96 Å². The molecule has 3 aromatic rings. The highest BCUT2D eigenvalue weighted by molar-refractivity contribution is 7.17. The first-order valence-electron chi connectivity index (χ1n) is 8.17. The molecule has 3 heterocycles. The Hall–Kier alpha value is -2.12. The maximum absolute atomic E-state index is 10.7. The fraction of sp³-hybridized carbons (Fsp3) is 0.412. The maximum Gasteiger partial charge on any atom is 0.230 e. The molecule has 1 aliphatic heterocycles. The third kappa shape index (κ3) is 2.63. The molecule has 0 unspecified atom stereocenters. The lowest BCUT2D eigenvalue weighted by Gasteiger charge is -2.34. The first-order chi connectivity index (χ1) is 11.8. The first-order valence-corrected chi connectivity index (χ1v) is 8.99. The number of aromatic hydroxyl groups is 1. The Balaban J connectivity index is 1.82. The molecule has 1 atom stereocenters. The number of rotatable bonds is 4. The normalized spacial score (nSPS) is 17.2. The monoisotopic (exact) mass is 344 g/mol. The van der Waals surface area contributed by atoms with Gasteiger partial charge < -0.3 is 9.84 Å². The summed E-state index contributed by atoms with van der Waals surface area (Å²) in [6.07, 6.45) is 5.10. The number of thiazole rings is 1. The molecule has 7 heteroatoms. The molecule has 1 aromatic carbocycles. The summed E-state index contributed by atoms with van der Waals surface area (Å²) in [5.41, 5.74) is 1.12. The largest absolute Gasteiger partial charge is 0.497 e. The number of likely N-dealkylation sites (tertiary alicyclic amines) is 1. The van der Waals surface area contributed by atoms with Crippen LogP contribution in [-0.4, -0.2) is 44.8 Å². The number of fused-ring (bicyclic) bond motifs is 1. The van der Waals surface area contributed by atoms with Crippen molar-refractivity contribution in [3.05, 3.63) is 41.0 Å². The third-order valence-corrected chi connectivity index (χ3v) is 5.64. The zero-order valence-corrected chi connectivity index (χ0v) is 14.4. The summed E-state index contributed by atoms with van der Waals surface area (Å²) < 4.78 is 6.91. The number of methoxy groups -OCH3 is 1. The highest BCUT2D eigenvalue weighted by Gasteiger charge is 2.30. The van der Waals surface area contributed by atoms with Crippen molar-refractivity contribution >= 4 is 16.3 Å². The van der Waals surface area contributed by atoms with E-state index in [1.165, 1.54) is 41.4 Å². The fourth-order valence-corrected chi connectivity index (χ4v) is 4.48. The van der Waals surface area contributed by atoms with E-state index in [4.69, 9.17) is 4.74 Å². The average Bonchev–Trinajstić information content (AvgIpc) is 3.20. The van der Waals surface area contributed by atoms with Crippen LogP contribution in [0.2, 0.25) is 0 Å². The minimum atomic E-state index is -0.00565. The highest BCUT2D eigenvalue weighted by atomic mass is 32.1. The number of piperidine rings is 1.